The zero-order chi connectivity index (χ0) is 6.15. The Labute approximate surface area is 79.3 Å². The number of hydrogen-bond donors (Lipinski definition) is 0. The average Bonchev–Trinajstić information content (AvgIpc) is 1.98. The largest absolute Gasteiger partial charge is 1.00 e. The van der Waals surface area contributed by atoms with Crippen molar-refractivity contribution in [3.05, 3.63) is 0 Å². The van der Waals surface area contributed by atoms with Gasteiger partial charge in [0.2, 0.25) is 0 Å². The maximum Gasteiger partial charge on any atom is 1.00 e. The van der Waals surface area contributed by atoms with Gasteiger partial charge in [0.25, 0.3) is 0 Å². The van der Waals surface area contributed by atoms with Crippen molar-refractivity contribution in [3.63, 3.8) is 0 Å². The quantitative estimate of drug-likeness (QED) is 0.321. The number of hydrogen-bond acceptors (Lipinski definition) is 1. The van der Waals surface area contributed by atoms with E-state index in [1.807, 2.05) is 14.1 Å². The molecule has 54 valence electrons. The fourth-order valence-electron chi connectivity index (χ4n) is 0.783. The third-order valence-corrected chi connectivity index (χ3v) is 1.42. The van der Waals surface area contributed by atoms with Crippen molar-refractivity contribution in [2.75, 3.05) is 27.2 Å². The van der Waals surface area contributed by atoms with Crippen LogP contribution in [0.2, 0.25) is 0 Å². The van der Waals surface area contributed by atoms with Gasteiger partial charge in [-0.15, -0.1) is 0 Å². The first-order chi connectivity index (χ1) is 3.72. The molecule has 0 unspecified atom stereocenters. The van der Waals surface area contributed by atoms with Gasteiger partial charge in [0.1, 0.15) is 0 Å². The van der Waals surface area contributed by atoms with E-state index < -0.39 is 0 Å². The Kier molecular flexibility index (Phi) is 6.27. The summed E-state index contributed by atoms with van der Waals surface area (Å²) in [4.78, 5) is 14.2. The maximum atomic E-state index is 10.8. The summed E-state index contributed by atoms with van der Waals surface area (Å²) < 4.78 is 0. The number of likely N-dealkylation sites (N-methyl/N-ethyl adjacent to an activating group) is 2. The summed E-state index contributed by atoms with van der Waals surface area (Å²) in [5.41, 5.74) is 0. The summed E-state index contributed by atoms with van der Waals surface area (Å²) in [6.45, 7) is 1.74. The van der Waals surface area contributed by atoms with Gasteiger partial charge in [0.05, 0.1) is 0 Å². The fourth-order valence-corrected chi connectivity index (χ4v) is 0.783. The number of halogens is 1. The SMILES string of the molecule is CN1CCN(C)C1=O.[Cl-].[Li+]. The summed E-state index contributed by atoms with van der Waals surface area (Å²) >= 11 is 0. The predicted octanol–water partition coefficient (Wildman–Crippen LogP) is -6.01. The molecule has 1 heterocycles. The summed E-state index contributed by atoms with van der Waals surface area (Å²) in [6.07, 6.45) is 0. The molecule has 0 N–H and O–H groups in total. The second-order valence-electron chi connectivity index (χ2n) is 2.13. The molecule has 0 bridgehead atoms. The molecule has 1 fully saturated rings. The van der Waals surface area contributed by atoms with Gasteiger partial charge in [-0.1, -0.05) is 0 Å². The van der Waals surface area contributed by atoms with Gasteiger partial charge in [0, 0.05) is 27.2 Å². The average molecular weight is 157 g/mol. The fraction of sp³-hybridized carbons (Fsp3) is 0.800. The molecule has 10 heavy (non-hydrogen) atoms. The number of amides is 2. The Morgan fingerprint density at radius 1 is 1.20 bits per heavy atom. The molecule has 1 rings (SSSR count). The second kappa shape index (κ2) is 4.89. The first-order valence-electron chi connectivity index (χ1n) is 2.68. The van der Waals surface area contributed by atoms with Gasteiger partial charge in [0.15, 0.2) is 0 Å². The van der Waals surface area contributed by atoms with Crippen LogP contribution >= 0.6 is 0 Å². The molecule has 1 aliphatic rings. The molecular weight excluding hydrogens is 146 g/mol. The van der Waals surface area contributed by atoms with Crippen LogP contribution in [0.15, 0.2) is 0 Å². The van der Waals surface area contributed by atoms with E-state index in [1.165, 1.54) is 0 Å². The van der Waals surface area contributed by atoms with Gasteiger partial charge in [-0.05, 0) is 0 Å². The van der Waals surface area contributed by atoms with Gasteiger partial charge in [-0.2, -0.15) is 0 Å². The number of carbonyl (C=O) groups is 1. The molecule has 5 heteroatoms. The van der Waals surface area contributed by atoms with Gasteiger partial charge >= 0.3 is 24.9 Å². The monoisotopic (exact) mass is 156 g/mol. The van der Waals surface area contributed by atoms with Crippen molar-refractivity contribution < 1.29 is 36.1 Å². The molecule has 0 spiro atoms. The Morgan fingerprint density at radius 3 is 1.60 bits per heavy atom. The van der Waals surface area contributed by atoms with Crippen LogP contribution in [-0.4, -0.2) is 43.0 Å². The van der Waals surface area contributed by atoms with E-state index in [2.05, 4.69) is 0 Å². The van der Waals surface area contributed by atoms with E-state index in [-0.39, 0.29) is 37.3 Å². The Balaban J connectivity index is 0. The number of rotatable bonds is 0. The Hall–Kier alpha value is 0.157. The summed E-state index contributed by atoms with van der Waals surface area (Å²) in [5, 5.41) is 0. The first-order valence-corrected chi connectivity index (χ1v) is 2.68. The smallest absolute Gasteiger partial charge is 1.00 e. The second-order valence-corrected chi connectivity index (χ2v) is 2.13. The number of nitrogens with zero attached hydrogens (tertiary/aromatic N) is 2. The van der Waals surface area contributed by atoms with Crippen molar-refractivity contribution in [2.24, 2.45) is 0 Å². The zero-order valence-corrected chi connectivity index (χ0v) is 7.35. The van der Waals surface area contributed by atoms with E-state index in [1.54, 1.807) is 9.80 Å². The molecule has 0 aromatic rings. The van der Waals surface area contributed by atoms with Crippen molar-refractivity contribution in [1.29, 1.82) is 0 Å². The van der Waals surface area contributed by atoms with Crippen LogP contribution in [0, 0.1) is 0 Å². The molecule has 0 aliphatic carbocycles. The molecule has 3 nitrogen and oxygen atoms in total. The number of carbonyl (C=O) groups excluding carboxylic acids is 1. The standard InChI is InChI=1S/C5H10N2O.ClH.Li/c1-6-3-4-7(2)5(6)8;;/h3-4H2,1-2H3;1H;/q;;+1/p-1. The van der Waals surface area contributed by atoms with Gasteiger partial charge < -0.3 is 22.2 Å². The minimum Gasteiger partial charge on any atom is -1.00 e. The summed E-state index contributed by atoms with van der Waals surface area (Å²) in [6, 6.07) is 0.130. The molecule has 0 atom stereocenters. The molecule has 2 amide bonds. The van der Waals surface area contributed by atoms with E-state index in [0.29, 0.717) is 0 Å². The molecule has 1 aliphatic heterocycles. The van der Waals surface area contributed by atoms with E-state index in [9.17, 15) is 4.79 Å². The summed E-state index contributed by atoms with van der Waals surface area (Å²) in [5.74, 6) is 0. The topological polar surface area (TPSA) is 23.6 Å². The van der Waals surface area contributed by atoms with Crippen molar-refractivity contribution >= 4 is 6.03 Å². The molecular formula is C5H10ClLiN2O. The third-order valence-electron chi connectivity index (χ3n) is 1.42. The molecule has 1 saturated heterocycles. The molecule has 0 aromatic heterocycles. The normalized spacial score (nSPS) is 16.4. The third kappa shape index (κ3) is 2.41. The zero-order valence-electron chi connectivity index (χ0n) is 6.59. The van der Waals surface area contributed by atoms with Crippen LogP contribution in [0.25, 0.3) is 0 Å². The maximum absolute atomic E-state index is 10.8. The van der Waals surface area contributed by atoms with Crippen molar-refractivity contribution in [1.82, 2.24) is 9.80 Å². The van der Waals surface area contributed by atoms with Crippen LogP contribution in [0.5, 0.6) is 0 Å². The predicted molar refractivity (Wildman–Crippen MR) is 30.7 cm³/mol. The minimum atomic E-state index is 0. The van der Waals surface area contributed by atoms with E-state index >= 15 is 0 Å². The molecule has 0 radical (unpaired) electrons. The Morgan fingerprint density at radius 2 is 1.50 bits per heavy atom. The Bertz CT molecular complexity index is 110. The minimum absolute atomic E-state index is 0. The molecule has 0 aromatic carbocycles. The van der Waals surface area contributed by atoms with Crippen molar-refractivity contribution in [2.45, 2.75) is 0 Å². The van der Waals surface area contributed by atoms with Gasteiger partial charge in [-0.25, -0.2) is 4.79 Å². The molecule has 0 saturated carbocycles. The van der Waals surface area contributed by atoms with Crippen LogP contribution in [0.3, 0.4) is 0 Å². The summed E-state index contributed by atoms with van der Waals surface area (Å²) in [7, 11) is 3.62. The van der Waals surface area contributed by atoms with Crippen LogP contribution in [0.1, 0.15) is 0 Å². The van der Waals surface area contributed by atoms with Crippen molar-refractivity contribution in [3.8, 4) is 0 Å². The first kappa shape index (κ1) is 12.8. The van der Waals surface area contributed by atoms with Crippen LogP contribution < -0.4 is 31.3 Å². The van der Waals surface area contributed by atoms with Crippen LogP contribution in [0.4, 0.5) is 4.79 Å². The van der Waals surface area contributed by atoms with E-state index in [4.69, 9.17) is 0 Å². The van der Waals surface area contributed by atoms with Gasteiger partial charge in [-0.3, -0.25) is 0 Å². The van der Waals surface area contributed by atoms with Crippen LogP contribution in [-0.2, 0) is 0 Å². The number of urea groups is 1. The van der Waals surface area contributed by atoms with E-state index in [0.717, 1.165) is 13.1 Å².